The van der Waals surface area contributed by atoms with Gasteiger partial charge in [0.15, 0.2) is 5.78 Å². The molecule has 2 fully saturated rings. The summed E-state index contributed by atoms with van der Waals surface area (Å²) in [7, 11) is 0. The molecule has 2 atom stereocenters. The van der Waals surface area contributed by atoms with Gasteiger partial charge in [0, 0.05) is 35.9 Å². The maximum absolute atomic E-state index is 13.7. The van der Waals surface area contributed by atoms with Gasteiger partial charge in [0.1, 0.15) is 0 Å². The first-order chi connectivity index (χ1) is 13.2. The van der Waals surface area contributed by atoms with Gasteiger partial charge in [-0.25, -0.2) is 8.78 Å². The molecule has 1 aliphatic carbocycles. The molecular formula is C21H24ClF2NO3. The molecule has 152 valence electrons. The lowest BCUT2D eigenvalue weighted by atomic mass is 9.74. The maximum atomic E-state index is 13.7. The van der Waals surface area contributed by atoms with Gasteiger partial charge in [-0.3, -0.25) is 4.79 Å². The lowest BCUT2D eigenvalue weighted by molar-refractivity contribution is -0.142. The van der Waals surface area contributed by atoms with Crippen LogP contribution in [0.25, 0.3) is 10.9 Å². The highest BCUT2D eigenvalue weighted by Crippen LogP contribution is 2.44. The third kappa shape index (κ3) is 3.46. The summed E-state index contributed by atoms with van der Waals surface area (Å²) in [4.78, 5) is 13.0. The van der Waals surface area contributed by atoms with E-state index in [9.17, 15) is 18.7 Å². The van der Waals surface area contributed by atoms with Gasteiger partial charge >= 0.3 is 0 Å². The van der Waals surface area contributed by atoms with Crippen LogP contribution < -0.4 is 0 Å². The topological polar surface area (TPSA) is 51.5 Å². The summed E-state index contributed by atoms with van der Waals surface area (Å²) >= 11 is 6.38. The number of ether oxygens (including phenoxy) is 1. The predicted octanol–water partition coefficient (Wildman–Crippen LogP) is 5.02. The minimum Gasteiger partial charge on any atom is -0.390 e. The smallest absolute Gasteiger partial charge is 0.250 e. The van der Waals surface area contributed by atoms with E-state index in [2.05, 4.69) is 0 Å². The average molecular weight is 412 g/mol. The molecule has 1 saturated carbocycles. The minimum atomic E-state index is -2.75. The molecule has 0 bridgehead atoms. The molecule has 28 heavy (non-hydrogen) atoms. The van der Waals surface area contributed by atoms with Gasteiger partial charge in [0.25, 0.3) is 5.92 Å². The van der Waals surface area contributed by atoms with Crippen LogP contribution in [0.5, 0.6) is 0 Å². The van der Waals surface area contributed by atoms with E-state index in [0.29, 0.717) is 29.2 Å². The molecule has 0 radical (unpaired) electrons. The van der Waals surface area contributed by atoms with Crippen LogP contribution in [-0.2, 0) is 4.74 Å². The van der Waals surface area contributed by atoms with Crippen molar-refractivity contribution >= 4 is 28.3 Å². The van der Waals surface area contributed by atoms with Crippen LogP contribution in [0.15, 0.2) is 24.4 Å². The van der Waals surface area contributed by atoms with E-state index >= 15 is 0 Å². The normalized spacial score (nSPS) is 27.7. The molecule has 2 heterocycles. The van der Waals surface area contributed by atoms with Crippen LogP contribution in [0.3, 0.4) is 0 Å². The molecule has 7 heteroatoms. The summed E-state index contributed by atoms with van der Waals surface area (Å²) in [5.41, 5.74) is 0.180. The van der Waals surface area contributed by atoms with Crippen molar-refractivity contribution in [3.05, 3.63) is 35.0 Å². The molecule has 2 aromatic rings. The van der Waals surface area contributed by atoms with Crippen molar-refractivity contribution in [1.29, 1.82) is 0 Å². The van der Waals surface area contributed by atoms with E-state index in [4.69, 9.17) is 16.3 Å². The average Bonchev–Trinajstić information content (AvgIpc) is 2.97. The quantitative estimate of drug-likeness (QED) is 0.703. The van der Waals surface area contributed by atoms with Gasteiger partial charge in [-0.15, -0.1) is 0 Å². The number of hydrogen-bond acceptors (Lipinski definition) is 3. The number of nitrogens with zero attached hydrogens (tertiary/aromatic N) is 1. The van der Waals surface area contributed by atoms with Crippen LogP contribution in [0.2, 0.25) is 5.02 Å². The van der Waals surface area contributed by atoms with Gasteiger partial charge in [0.2, 0.25) is 0 Å². The number of benzene rings is 1. The number of hydrogen-bond donors (Lipinski definition) is 1. The molecule has 1 saturated heterocycles. The molecule has 0 spiro atoms. The fourth-order valence-electron chi connectivity index (χ4n) is 4.34. The summed E-state index contributed by atoms with van der Waals surface area (Å²) in [5, 5.41) is 12.0. The second-order valence-corrected chi connectivity index (χ2v) is 8.70. The Morgan fingerprint density at radius 2 is 2.11 bits per heavy atom. The number of ketones is 1. The number of rotatable bonds is 5. The summed E-state index contributed by atoms with van der Waals surface area (Å²) in [6.45, 7) is 2.64. The Hall–Kier alpha value is -1.50. The third-order valence-electron chi connectivity index (χ3n) is 6.27. The Morgan fingerprint density at radius 1 is 1.36 bits per heavy atom. The number of aliphatic hydroxyl groups is 1. The fourth-order valence-corrected chi connectivity index (χ4v) is 4.61. The Bertz CT molecular complexity index is 908. The first-order valence-corrected chi connectivity index (χ1v) is 10.1. The Balaban J connectivity index is 1.55. The number of aromatic nitrogens is 1. The number of fused-ring (bicyclic) bond motifs is 1. The van der Waals surface area contributed by atoms with Gasteiger partial charge in [-0.05, 0) is 31.4 Å². The van der Waals surface area contributed by atoms with Crippen molar-refractivity contribution in [3.63, 3.8) is 0 Å². The zero-order valence-electron chi connectivity index (χ0n) is 15.8. The molecule has 1 aromatic heterocycles. The van der Waals surface area contributed by atoms with E-state index in [1.54, 1.807) is 6.07 Å². The molecule has 4 nitrogen and oxygen atoms in total. The van der Waals surface area contributed by atoms with E-state index in [1.807, 2.05) is 22.9 Å². The van der Waals surface area contributed by atoms with Crippen molar-refractivity contribution in [2.45, 2.75) is 56.6 Å². The van der Waals surface area contributed by atoms with E-state index in [1.165, 1.54) is 6.92 Å². The van der Waals surface area contributed by atoms with Crippen molar-refractivity contribution in [1.82, 2.24) is 4.57 Å². The summed E-state index contributed by atoms with van der Waals surface area (Å²) in [5.74, 6) is -3.77. The van der Waals surface area contributed by atoms with Crippen molar-refractivity contribution in [3.8, 4) is 0 Å². The van der Waals surface area contributed by atoms with Crippen molar-refractivity contribution < 1.29 is 23.4 Å². The Labute approximate surface area is 167 Å². The largest absolute Gasteiger partial charge is 0.390 e. The standard InChI is InChI=1S/C21H24ClF2NO3/c1-13-9-20(27,7-8-21(13,23)24)6-5-18(26)15-10-25(14-11-28-12-14)17-4-2-3-16(22)19(15)17/h2-4,10,13-14,27H,5-9,11-12H2,1H3. The Kier molecular flexibility index (Phi) is 5.01. The van der Waals surface area contributed by atoms with Crippen LogP contribution in [0, 0.1) is 5.92 Å². The van der Waals surface area contributed by atoms with Gasteiger partial charge in [0.05, 0.1) is 35.4 Å². The van der Waals surface area contributed by atoms with Gasteiger partial charge in [-0.2, -0.15) is 0 Å². The second-order valence-electron chi connectivity index (χ2n) is 8.29. The fraction of sp³-hybridized carbons (Fsp3) is 0.571. The molecule has 1 aromatic carbocycles. The van der Waals surface area contributed by atoms with Crippen LogP contribution in [0.4, 0.5) is 8.78 Å². The third-order valence-corrected chi connectivity index (χ3v) is 6.58. The number of carbonyl (C=O) groups is 1. The summed E-state index contributed by atoms with van der Waals surface area (Å²) in [6, 6.07) is 5.70. The lowest BCUT2D eigenvalue weighted by Gasteiger charge is -2.40. The van der Waals surface area contributed by atoms with Crippen molar-refractivity contribution in [2.75, 3.05) is 13.2 Å². The zero-order chi connectivity index (χ0) is 20.1. The summed E-state index contributed by atoms with van der Waals surface area (Å²) < 4.78 is 34.8. The number of halogens is 3. The highest BCUT2D eigenvalue weighted by Gasteiger charge is 2.47. The first kappa shape index (κ1) is 19.8. The molecule has 1 aliphatic heterocycles. The van der Waals surface area contributed by atoms with Crippen LogP contribution in [0.1, 0.15) is 55.4 Å². The highest BCUT2D eigenvalue weighted by molar-refractivity contribution is 6.37. The van der Waals surface area contributed by atoms with Crippen LogP contribution >= 0.6 is 11.6 Å². The van der Waals surface area contributed by atoms with Gasteiger partial charge < -0.3 is 14.4 Å². The first-order valence-electron chi connectivity index (χ1n) is 9.70. The van der Waals surface area contributed by atoms with E-state index in [-0.39, 0.29) is 43.9 Å². The SMILES string of the molecule is CC1CC(O)(CCC(=O)c2cn(C3COC3)c3cccc(Cl)c23)CCC1(F)F. The second kappa shape index (κ2) is 7.08. The monoisotopic (exact) mass is 411 g/mol. The highest BCUT2D eigenvalue weighted by atomic mass is 35.5. The van der Waals surface area contributed by atoms with Gasteiger partial charge in [-0.1, -0.05) is 24.6 Å². The molecule has 2 unspecified atom stereocenters. The molecular weight excluding hydrogens is 388 g/mol. The van der Waals surface area contributed by atoms with Crippen LogP contribution in [-0.4, -0.2) is 40.2 Å². The zero-order valence-corrected chi connectivity index (χ0v) is 16.5. The van der Waals surface area contributed by atoms with E-state index in [0.717, 1.165) is 5.52 Å². The lowest BCUT2D eigenvalue weighted by Crippen LogP contribution is -2.44. The summed E-state index contributed by atoms with van der Waals surface area (Å²) in [6.07, 6.45) is 1.77. The van der Waals surface area contributed by atoms with Crippen molar-refractivity contribution in [2.24, 2.45) is 5.92 Å². The number of carbonyl (C=O) groups excluding carboxylic acids is 1. The maximum Gasteiger partial charge on any atom is 0.250 e. The molecule has 2 aliphatic rings. The number of Topliss-reactive ketones (excluding diaryl/α,β-unsaturated/α-hetero) is 1. The minimum absolute atomic E-state index is 0.00914. The molecule has 1 N–H and O–H groups in total. The van der Waals surface area contributed by atoms with E-state index < -0.39 is 17.4 Å². The molecule has 4 rings (SSSR count). The predicted molar refractivity (Wildman–Crippen MR) is 103 cm³/mol. The number of alkyl halides is 2. The molecule has 0 amide bonds. The Morgan fingerprint density at radius 3 is 2.75 bits per heavy atom.